The first-order valence-electron chi connectivity index (χ1n) is 6.47. The Morgan fingerprint density at radius 1 is 1.50 bits per heavy atom. The average Bonchev–Trinajstić information content (AvgIpc) is 3.14. The zero-order chi connectivity index (χ0) is 12.8. The molecule has 1 aliphatic carbocycles. The number of hydrogen-bond acceptors (Lipinski definition) is 4. The van der Waals surface area contributed by atoms with E-state index in [1.54, 1.807) is 6.07 Å². The second-order valence-corrected chi connectivity index (χ2v) is 5.60. The number of amides is 1. The lowest BCUT2D eigenvalue weighted by atomic mass is 9.84. The van der Waals surface area contributed by atoms with Crippen molar-refractivity contribution < 1.29 is 4.79 Å². The minimum absolute atomic E-state index is 0.295. The van der Waals surface area contributed by atoms with Gasteiger partial charge in [-0.25, -0.2) is 9.97 Å². The van der Waals surface area contributed by atoms with Gasteiger partial charge < -0.3 is 10.6 Å². The van der Waals surface area contributed by atoms with Gasteiger partial charge in [-0.15, -0.1) is 0 Å². The zero-order valence-electron chi connectivity index (χ0n) is 10.6. The van der Waals surface area contributed by atoms with Gasteiger partial charge in [0, 0.05) is 19.2 Å². The summed E-state index contributed by atoms with van der Waals surface area (Å²) < 4.78 is 0. The summed E-state index contributed by atoms with van der Waals surface area (Å²) in [7, 11) is 0. The Hall–Kier alpha value is -1.65. The molecule has 3 rings (SSSR count). The molecule has 1 spiro atoms. The monoisotopic (exact) mass is 246 g/mol. The molecule has 1 unspecified atom stereocenters. The second kappa shape index (κ2) is 3.93. The Morgan fingerprint density at radius 3 is 2.94 bits per heavy atom. The molecule has 2 heterocycles. The predicted octanol–water partition coefficient (Wildman–Crippen LogP) is 1.20. The highest BCUT2D eigenvalue weighted by atomic mass is 16.1. The molecule has 5 heteroatoms. The first kappa shape index (κ1) is 11.4. The summed E-state index contributed by atoms with van der Waals surface area (Å²) in [5, 5.41) is 0. The van der Waals surface area contributed by atoms with E-state index in [2.05, 4.69) is 21.8 Å². The van der Waals surface area contributed by atoms with Crippen molar-refractivity contribution in [1.29, 1.82) is 0 Å². The molecule has 2 fully saturated rings. The quantitative estimate of drug-likeness (QED) is 0.851. The van der Waals surface area contributed by atoms with Gasteiger partial charge in [-0.3, -0.25) is 4.79 Å². The summed E-state index contributed by atoms with van der Waals surface area (Å²) >= 11 is 0. The van der Waals surface area contributed by atoms with E-state index in [-0.39, 0.29) is 0 Å². The summed E-state index contributed by atoms with van der Waals surface area (Å²) in [6, 6.07) is 1.70. The maximum Gasteiger partial charge on any atom is 0.267 e. The van der Waals surface area contributed by atoms with Crippen molar-refractivity contribution in [3.63, 3.8) is 0 Å². The van der Waals surface area contributed by atoms with Crippen LogP contribution in [0.25, 0.3) is 0 Å². The van der Waals surface area contributed by atoms with Gasteiger partial charge in [0.2, 0.25) is 0 Å². The highest BCUT2D eigenvalue weighted by Gasteiger charge is 2.50. The molecule has 1 saturated carbocycles. The maximum absolute atomic E-state index is 11.1. The number of piperidine rings is 1. The second-order valence-electron chi connectivity index (χ2n) is 5.60. The van der Waals surface area contributed by atoms with E-state index < -0.39 is 5.91 Å². The fraction of sp³-hybridized carbons (Fsp3) is 0.615. The molecule has 0 aromatic carbocycles. The third kappa shape index (κ3) is 1.83. The Labute approximate surface area is 106 Å². The van der Waals surface area contributed by atoms with Crippen LogP contribution in [0.3, 0.4) is 0 Å². The van der Waals surface area contributed by atoms with Crippen LogP contribution in [0.1, 0.15) is 36.7 Å². The van der Waals surface area contributed by atoms with E-state index in [0.29, 0.717) is 11.1 Å². The van der Waals surface area contributed by atoms with Crippen molar-refractivity contribution in [1.82, 2.24) is 9.97 Å². The van der Waals surface area contributed by atoms with Crippen LogP contribution in [-0.4, -0.2) is 29.0 Å². The largest absolute Gasteiger partial charge is 0.364 e. The molecule has 5 nitrogen and oxygen atoms in total. The number of nitrogens with zero attached hydrogens (tertiary/aromatic N) is 3. The topological polar surface area (TPSA) is 72.1 Å². The molecule has 18 heavy (non-hydrogen) atoms. The summed E-state index contributed by atoms with van der Waals surface area (Å²) in [5.74, 6) is 1.13. The number of primary amides is 1. The summed E-state index contributed by atoms with van der Waals surface area (Å²) in [5.41, 5.74) is 6.04. The molecular weight excluding hydrogens is 228 g/mol. The van der Waals surface area contributed by atoms with Crippen LogP contribution in [-0.2, 0) is 0 Å². The minimum atomic E-state index is -0.495. The van der Waals surface area contributed by atoms with Crippen molar-refractivity contribution in [2.75, 3.05) is 18.0 Å². The van der Waals surface area contributed by atoms with Crippen LogP contribution < -0.4 is 10.6 Å². The summed E-state index contributed by atoms with van der Waals surface area (Å²) in [4.78, 5) is 21.6. The van der Waals surface area contributed by atoms with Crippen LogP contribution >= 0.6 is 0 Å². The zero-order valence-corrected chi connectivity index (χ0v) is 10.6. The van der Waals surface area contributed by atoms with E-state index in [9.17, 15) is 4.79 Å². The van der Waals surface area contributed by atoms with Gasteiger partial charge in [0.05, 0.1) is 0 Å². The van der Waals surface area contributed by atoms with Gasteiger partial charge in [0.1, 0.15) is 17.8 Å². The fourth-order valence-corrected chi connectivity index (χ4v) is 2.93. The average molecular weight is 246 g/mol. The normalized spacial score (nSPS) is 25.2. The van der Waals surface area contributed by atoms with Crippen molar-refractivity contribution >= 4 is 11.7 Å². The SMILES string of the molecule is CC1CCN(c2cc(C(N)=O)ncn2)CC12CC2. The molecule has 2 aliphatic rings. The lowest BCUT2D eigenvalue weighted by Gasteiger charge is -2.38. The van der Waals surface area contributed by atoms with Crippen LogP contribution in [0.4, 0.5) is 5.82 Å². The highest BCUT2D eigenvalue weighted by molar-refractivity contribution is 5.91. The third-order valence-electron chi connectivity index (χ3n) is 4.50. The lowest BCUT2D eigenvalue weighted by molar-refractivity contribution is 0.0995. The smallest absolute Gasteiger partial charge is 0.267 e. The van der Waals surface area contributed by atoms with Crippen LogP contribution in [0.15, 0.2) is 12.4 Å². The van der Waals surface area contributed by atoms with Gasteiger partial charge in [0.15, 0.2) is 0 Å². The number of nitrogens with two attached hydrogens (primary N) is 1. The molecule has 1 atom stereocenters. The molecule has 2 N–H and O–H groups in total. The molecule has 1 amide bonds. The number of anilines is 1. The van der Waals surface area contributed by atoms with E-state index in [4.69, 9.17) is 5.73 Å². The van der Waals surface area contributed by atoms with E-state index in [1.807, 2.05) is 0 Å². The first-order valence-corrected chi connectivity index (χ1v) is 6.47. The molecule has 1 aliphatic heterocycles. The predicted molar refractivity (Wildman–Crippen MR) is 68.2 cm³/mol. The first-order chi connectivity index (χ1) is 8.61. The lowest BCUT2D eigenvalue weighted by Crippen LogP contribution is -2.41. The van der Waals surface area contributed by atoms with E-state index in [0.717, 1.165) is 24.8 Å². The number of carbonyl (C=O) groups is 1. The van der Waals surface area contributed by atoms with Crippen LogP contribution in [0, 0.1) is 11.3 Å². The summed E-state index contributed by atoms with van der Waals surface area (Å²) in [6.45, 7) is 4.39. The maximum atomic E-state index is 11.1. The number of rotatable bonds is 2. The molecule has 1 saturated heterocycles. The third-order valence-corrected chi connectivity index (χ3v) is 4.50. The molecular formula is C13H18N4O. The Kier molecular flexibility index (Phi) is 2.50. The number of aromatic nitrogens is 2. The standard InChI is InChI=1S/C13H18N4O/c1-9-2-5-17(7-13(9)3-4-13)11-6-10(12(14)18)15-8-16-11/h6,8-9H,2-5,7H2,1H3,(H2,14,18). The highest BCUT2D eigenvalue weighted by Crippen LogP contribution is 2.55. The van der Waals surface area contributed by atoms with Gasteiger partial charge in [0.25, 0.3) is 5.91 Å². The number of hydrogen-bond donors (Lipinski definition) is 1. The van der Waals surface area contributed by atoms with Crippen molar-refractivity contribution in [3.8, 4) is 0 Å². The van der Waals surface area contributed by atoms with Gasteiger partial charge in [-0.05, 0) is 30.6 Å². The minimum Gasteiger partial charge on any atom is -0.364 e. The molecule has 1 aromatic rings. The van der Waals surface area contributed by atoms with Crippen LogP contribution in [0.2, 0.25) is 0 Å². The van der Waals surface area contributed by atoms with Crippen molar-refractivity contribution in [2.24, 2.45) is 17.1 Å². The van der Waals surface area contributed by atoms with Crippen molar-refractivity contribution in [2.45, 2.75) is 26.2 Å². The van der Waals surface area contributed by atoms with Gasteiger partial charge in [-0.2, -0.15) is 0 Å². The van der Waals surface area contributed by atoms with Crippen molar-refractivity contribution in [3.05, 3.63) is 18.1 Å². The Balaban J connectivity index is 1.83. The van der Waals surface area contributed by atoms with Gasteiger partial charge >= 0.3 is 0 Å². The van der Waals surface area contributed by atoms with E-state index >= 15 is 0 Å². The number of carbonyl (C=O) groups excluding carboxylic acids is 1. The molecule has 1 aromatic heterocycles. The van der Waals surface area contributed by atoms with Gasteiger partial charge in [-0.1, -0.05) is 6.92 Å². The fourth-order valence-electron chi connectivity index (χ4n) is 2.93. The molecule has 0 bridgehead atoms. The summed E-state index contributed by atoms with van der Waals surface area (Å²) in [6.07, 6.45) is 5.25. The Bertz CT molecular complexity index is 484. The Morgan fingerprint density at radius 2 is 2.28 bits per heavy atom. The molecule has 96 valence electrons. The van der Waals surface area contributed by atoms with Crippen LogP contribution in [0.5, 0.6) is 0 Å². The molecule has 0 radical (unpaired) electrons. The van der Waals surface area contributed by atoms with E-state index in [1.165, 1.54) is 25.6 Å².